The number of rotatable bonds is 6. The molecule has 0 radical (unpaired) electrons. The standard InChI is InChI=1S/C22H23BrN4O2/c1-28-18-7-8-20(21(11-18)29-2)26-22-24-12-16-14-27(10-9-19(16)25-22)13-15-3-5-17(23)6-4-15/h3-8,11-12H,9-10,13-14H2,1-2H3,(H,24,25,26). The largest absolute Gasteiger partial charge is 0.497 e. The molecule has 7 heteroatoms. The van der Waals surface area contributed by atoms with E-state index in [1.807, 2.05) is 24.4 Å². The van der Waals surface area contributed by atoms with E-state index in [2.05, 4.69) is 55.4 Å². The maximum absolute atomic E-state index is 5.44. The lowest BCUT2D eigenvalue weighted by Gasteiger charge is -2.28. The Morgan fingerprint density at radius 3 is 2.69 bits per heavy atom. The van der Waals surface area contributed by atoms with Gasteiger partial charge in [0.2, 0.25) is 5.95 Å². The van der Waals surface area contributed by atoms with Crippen LogP contribution in [0, 0.1) is 0 Å². The molecule has 2 heterocycles. The minimum atomic E-state index is 0.577. The molecule has 29 heavy (non-hydrogen) atoms. The van der Waals surface area contributed by atoms with Crippen LogP contribution < -0.4 is 14.8 Å². The zero-order chi connectivity index (χ0) is 20.2. The summed E-state index contributed by atoms with van der Waals surface area (Å²) in [4.78, 5) is 11.7. The van der Waals surface area contributed by atoms with Crippen molar-refractivity contribution in [1.82, 2.24) is 14.9 Å². The molecule has 2 aromatic carbocycles. The van der Waals surface area contributed by atoms with Gasteiger partial charge in [-0.2, -0.15) is 0 Å². The fourth-order valence-electron chi connectivity index (χ4n) is 3.44. The van der Waals surface area contributed by atoms with Crippen LogP contribution in [-0.4, -0.2) is 35.6 Å². The molecule has 150 valence electrons. The Morgan fingerprint density at radius 1 is 1.10 bits per heavy atom. The number of fused-ring (bicyclic) bond motifs is 1. The van der Waals surface area contributed by atoms with E-state index in [0.29, 0.717) is 11.7 Å². The van der Waals surface area contributed by atoms with Crippen LogP contribution in [0.1, 0.15) is 16.8 Å². The first-order valence-electron chi connectivity index (χ1n) is 9.45. The fourth-order valence-corrected chi connectivity index (χ4v) is 3.70. The SMILES string of the molecule is COc1ccc(Nc2ncc3c(n2)CCN(Cc2ccc(Br)cc2)C3)c(OC)c1. The second-order valence-electron chi connectivity index (χ2n) is 6.94. The molecule has 0 atom stereocenters. The summed E-state index contributed by atoms with van der Waals surface area (Å²) >= 11 is 3.49. The molecule has 3 aromatic rings. The lowest BCUT2D eigenvalue weighted by atomic mass is 10.1. The first kappa shape index (κ1) is 19.7. The zero-order valence-corrected chi connectivity index (χ0v) is 18.1. The molecule has 0 bridgehead atoms. The molecular formula is C22H23BrN4O2. The highest BCUT2D eigenvalue weighted by atomic mass is 79.9. The summed E-state index contributed by atoms with van der Waals surface area (Å²) in [7, 11) is 3.27. The van der Waals surface area contributed by atoms with Crippen molar-refractivity contribution in [3.8, 4) is 11.5 Å². The van der Waals surface area contributed by atoms with Gasteiger partial charge < -0.3 is 14.8 Å². The third-order valence-electron chi connectivity index (χ3n) is 4.99. The van der Waals surface area contributed by atoms with Crippen molar-refractivity contribution in [1.29, 1.82) is 0 Å². The van der Waals surface area contributed by atoms with E-state index in [0.717, 1.165) is 47.7 Å². The monoisotopic (exact) mass is 454 g/mol. The number of nitrogens with one attached hydrogen (secondary N) is 1. The average Bonchev–Trinajstić information content (AvgIpc) is 2.75. The van der Waals surface area contributed by atoms with E-state index in [4.69, 9.17) is 14.5 Å². The number of hydrogen-bond donors (Lipinski definition) is 1. The molecule has 0 fully saturated rings. The van der Waals surface area contributed by atoms with Gasteiger partial charge in [-0.25, -0.2) is 9.97 Å². The van der Waals surface area contributed by atoms with E-state index in [1.54, 1.807) is 14.2 Å². The Morgan fingerprint density at radius 2 is 1.93 bits per heavy atom. The van der Waals surface area contributed by atoms with Crippen LogP contribution in [0.5, 0.6) is 11.5 Å². The van der Waals surface area contributed by atoms with Crippen molar-refractivity contribution in [2.24, 2.45) is 0 Å². The maximum atomic E-state index is 5.44. The molecule has 0 saturated heterocycles. The molecule has 0 unspecified atom stereocenters. The minimum absolute atomic E-state index is 0.577. The summed E-state index contributed by atoms with van der Waals surface area (Å²) in [5.41, 5.74) is 4.39. The first-order valence-corrected chi connectivity index (χ1v) is 10.2. The Balaban J connectivity index is 1.46. The number of hydrogen-bond acceptors (Lipinski definition) is 6. The van der Waals surface area contributed by atoms with Crippen LogP contribution in [0.4, 0.5) is 11.6 Å². The summed E-state index contributed by atoms with van der Waals surface area (Å²) in [5.74, 6) is 2.00. The van der Waals surface area contributed by atoms with Crippen LogP contribution in [0.25, 0.3) is 0 Å². The summed E-state index contributed by atoms with van der Waals surface area (Å²) in [6.07, 6.45) is 2.83. The molecule has 1 N–H and O–H groups in total. The van der Waals surface area contributed by atoms with Crippen molar-refractivity contribution >= 4 is 27.6 Å². The van der Waals surface area contributed by atoms with Gasteiger partial charge in [0.15, 0.2) is 0 Å². The van der Waals surface area contributed by atoms with E-state index in [9.17, 15) is 0 Å². The number of methoxy groups -OCH3 is 2. The summed E-state index contributed by atoms with van der Waals surface area (Å²) in [6, 6.07) is 14.1. The lowest BCUT2D eigenvalue weighted by Crippen LogP contribution is -2.31. The molecule has 0 spiro atoms. The highest BCUT2D eigenvalue weighted by Gasteiger charge is 2.19. The number of nitrogens with zero attached hydrogens (tertiary/aromatic N) is 3. The minimum Gasteiger partial charge on any atom is -0.497 e. The normalized spacial score (nSPS) is 13.6. The maximum Gasteiger partial charge on any atom is 0.227 e. The Bertz CT molecular complexity index is 995. The van der Waals surface area contributed by atoms with Gasteiger partial charge in [-0.1, -0.05) is 28.1 Å². The molecule has 6 nitrogen and oxygen atoms in total. The van der Waals surface area contributed by atoms with Gasteiger partial charge in [0.25, 0.3) is 0 Å². The van der Waals surface area contributed by atoms with Crippen molar-refractivity contribution in [3.05, 3.63) is 70.0 Å². The molecule has 4 rings (SSSR count). The summed E-state index contributed by atoms with van der Waals surface area (Å²) in [6.45, 7) is 2.76. The molecule has 0 saturated carbocycles. The Labute approximate surface area is 179 Å². The topological polar surface area (TPSA) is 59.5 Å². The van der Waals surface area contributed by atoms with Gasteiger partial charge in [-0.15, -0.1) is 0 Å². The second kappa shape index (κ2) is 8.80. The average molecular weight is 455 g/mol. The predicted molar refractivity (Wildman–Crippen MR) is 117 cm³/mol. The number of aromatic nitrogens is 2. The van der Waals surface area contributed by atoms with Crippen molar-refractivity contribution < 1.29 is 9.47 Å². The van der Waals surface area contributed by atoms with Gasteiger partial charge >= 0.3 is 0 Å². The summed E-state index contributed by atoms with van der Waals surface area (Å²) < 4.78 is 11.8. The Kier molecular flexibility index (Phi) is 5.97. The summed E-state index contributed by atoms with van der Waals surface area (Å²) in [5, 5.41) is 3.26. The lowest BCUT2D eigenvalue weighted by molar-refractivity contribution is 0.243. The van der Waals surface area contributed by atoms with Gasteiger partial charge in [0.05, 0.1) is 25.6 Å². The number of ether oxygens (including phenoxy) is 2. The molecule has 1 aliphatic heterocycles. The highest BCUT2D eigenvalue weighted by Crippen LogP contribution is 2.31. The molecule has 1 aliphatic rings. The van der Waals surface area contributed by atoms with Crippen LogP contribution in [0.15, 0.2) is 53.1 Å². The molecule has 1 aromatic heterocycles. The van der Waals surface area contributed by atoms with Crippen molar-refractivity contribution in [2.45, 2.75) is 19.5 Å². The number of anilines is 2. The van der Waals surface area contributed by atoms with Gasteiger partial charge in [0, 0.05) is 48.4 Å². The van der Waals surface area contributed by atoms with E-state index in [1.165, 1.54) is 11.1 Å². The second-order valence-corrected chi connectivity index (χ2v) is 7.86. The van der Waals surface area contributed by atoms with Gasteiger partial charge in [0.1, 0.15) is 11.5 Å². The van der Waals surface area contributed by atoms with Crippen LogP contribution in [0.2, 0.25) is 0 Å². The van der Waals surface area contributed by atoms with Gasteiger partial charge in [-0.3, -0.25) is 4.90 Å². The molecule has 0 amide bonds. The molecular weight excluding hydrogens is 432 g/mol. The third kappa shape index (κ3) is 4.68. The Hall–Kier alpha value is -2.64. The third-order valence-corrected chi connectivity index (χ3v) is 5.52. The smallest absolute Gasteiger partial charge is 0.227 e. The van der Waals surface area contributed by atoms with E-state index < -0.39 is 0 Å². The van der Waals surface area contributed by atoms with Crippen LogP contribution in [-0.2, 0) is 19.5 Å². The quantitative estimate of drug-likeness (QED) is 0.588. The van der Waals surface area contributed by atoms with Crippen LogP contribution in [0.3, 0.4) is 0 Å². The van der Waals surface area contributed by atoms with E-state index in [-0.39, 0.29) is 0 Å². The predicted octanol–water partition coefficient (Wildman–Crippen LogP) is 4.56. The van der Waals surface area contributed by atoms with Crippen LogP contribution >= 0.6 is 15.9 Å². The fraction of sp³-hybridized carbons (Fsp3) is 0.273. The number of benzene rings is 2. The highest BCUT2D eigenvalue weighted by molar-refractivity contribution is 9.10. The van der Waals surface area contributed by atoms with E-state index >= 15 is 0 Å². The zero-order valence-electron chi connectivity index (χ0n) is 16.5. The van der Waals surface area contributed by atoms with Gasteiger partial charge in [-0.05, 0) is 29.8 Å². The molecule has 0 aliphatic carbocycles. The first-order chi connectivity index (χ1) is 14.1. The van der Waals surface area contributed by atoms with Crippen molar-refractivity contribution in [2.75, 3.05) is 26.1 Å². The number of halogens is 1. The van der Waals surface area contributed by atoms with Crippen molar-refractivity contribution in [3.63, 3.8) is 0 Å².